The number of hydrogen-bond donors (Lipinski definition) is 1. The molecule has 0 radical (unpaired) electrons. The van der Waals surface area contributed by atoms with Crippen LogP contribution in [-0.4, -0.2) is 32.5 Å². The summed E-state index contributed by atoms with van der Waals surface area (Å²) < 4.78 is 20.1. The summed E-state index contributed by atoms with van der Waals surface area (Å²) in [6.45, 7) is 3.92. The molecular weight excluding hydrogens is 361 g/mol. The van der Waals surface area contributed by atoms with Gasteiger partial charge >= 0.3 is 0 Å². The van der Waals surface area contributed by atoms with Crippen LogP contribution in [0.1, 0.15) is 23.1 Å². The maximum atomic E-state index is 13.3. The largest absolute Gasteiger partial charge is 0.476 e. The number of pyridine rings is 1. The molecule has 0 aliphatic rings. The van der Waals surface area contributed by atoms with Gasteiger partial charge in [-0.15, -0.1) is 5.10 Å². The number of rotatable bonds is 5. The van der Waals surface area contributed by atoms with Gasteiger partial charge in [-0.3, -0.25) is 4.79 Å². The molecule has 0 unspecified atom stereocenters. The van der Waals surface area contributed by atoms with Crippen LogP contribution in [0.3, 0.4) is 0 Å². The molecule has 0 bridgehead atoms. The fraction of sp³-hybridized carbons (Fsp3) is 0.176. The highest BCUT2D eigenvalue weighted by molar-refractivity contribution is 6.30. The lowest BCUT2D eigenvalue weighted by atomic mass is 10.2. The highest BCUT2D eigenvalue weighted by atomic mass is 35.5. The molecular formula is C17H15ClFN5O2. The summed E-state index contributed by atoms with van der Waals surface area (Å²) >= 11 is 5.80. The highest BCUT2D eigenvalue weighted by Gasteiger charge is 2.19. The molecule has 1 amide bonds. The standard InChI is InChI=1S/C17H15ClFN5O2/c1-3-26-17-14(5-4-8-20-17)21-16(25)15-10(2)24(23-22-15)11-6-7-13(19)12(18)9-11/h4-9H,3H2,1-2H3,(H,21,25). The van der Waals surface area contributed by atoms with E-state index in [0.29, 0.717) is 29.6 Å². The van der Waals surface area contributed by atoms with Crippen LogP contribution in [0.15, 0.2) is 36.5 Å². The molecule has 0 fully saturated rings. The first-order chi connectivity index (χ1) is 12.5. The molecule has 2 heterocycles. The summed E-state index contributed by atoms with van der Waals surface area (Å²) in [5, 5.41) is 10.5. The van der Waals surface area contributed by atoms with E-state index in [-0.39, 0.29) is 10.7 Å². The lowest BCUT2D eigenvalue weighted by Gasteiger charge is -2.09. The number of anilines is 1. The first-order valence-corrected chi connectivity index (χ1v) is 8.16. The predicted molar refractivity (Wildman–Crippen MR) is 94.4 cm³/mol. The van der Waals surface area contributed by atoms with Gasteiger partial charge < -0.3 is 10.1 Å². The zero-order chi connectivity index (χ0) is 18.7. The fourth-order valence-electron chi connectivity index (χ4n) is 2.32. The van der Waals surface area contributed by atoms with Crippen molar-refractivity contribution in [2.24, 2.45) is 0 Å². The molecule has 0 aliphatic heterocycles. The second-order valence-electron chi connectivity index (χ2n) is 5.28. The van der Waals surface area contributed by atoms with Crippen molar-refractivity contribution in [3.8, 4) is 11.6 Å². The maximum absolute atomic E-state index is 13.3. The van der Waals surface area contributed by atoms with Crippen LogP contribution in [0.4, 0.5) is 10.1 Å². The average Bonchev–Trinajstić information content (AvgIpc) is 3.01. The van der Waals surface area contributed by atoms with Crippen LogP contribution in [0.2, 0.25) is 5.02 Å². The summed E-state index contributed by atoms with van der Waals surface area (Å²) in [4.78, 5) is 16.6. The van der Waals surface area contributed by atoms with E-state index in [1.165, 1.54) is 22.9 Å². The SMILES string of the molecule is CCOc1ncccc1NC(=O)c1nnn(-c2ccc(F)c(Cl)c2)c1C. The van der Waals surface area contributed by atoms with Crippen LogP contribution < -0.4 is 10.1 Å². The minimum absolute atomic E-state index is 0.0416. The van der Waals surface area contributed by atoms with Gasteiger partial charge in [-0.05, 0) is 44.2 Å². The zero-order valence-corrected chi connectivity index (χ0v) is 14.8. The number of nitrogens with one attached hydrogen (secondary N) is 1. The number of carbonyl (C=O) groups is 1. The Morgan fingerprint density at radius 3 is 2.92 bits per heavy atom. The topological polar surface area (TPSA) is 81.9 Å². The van der Waals surface area contributed by atoms with Crippen LogP contribution >= 0.6 is 11.6 Å². The number of aromatic nitrogens is 4. The number of halogens is 2. The fourth-order valence-corrected chi connectivity index (χ4v) is 2.49. The van der Waals surface area contributed by atoms with E-state index in [4.69, 9.17) is 16.3 Å². The minimum Gasteiger partial charge on any atom is -0.476 e. The second-order valence-corrected chi connectivity index (χ2v) is 5.68. The van der Waals surface area contributed by atoms with Gasteiger partial charge in [-0.2, -0.15) is 0 Å². The number of carbonyl (C=O) groups excluding carboxylic acids is 1. The molecule has 9 heteroatoms. The van der Waals surface area contributed by atoms with Crippen LogP contribution in [0.5, 0.6) is 5.88 Å². The lowest BCUT2D eigenvalue weighted by molar-refractivity contribution is 0.102. The van der Waals surface area contributed by atoms with Gasteiger partial charge in [0.1, 0.15) is 11.5 Å². The molecule has 1 N–H and O–H groups in total. The predicted octanol–water partition coefficient (Wildman–Crippen LogP) is 3.41. The molecule has 0 saturated heterocycles. The molecule has 0 saturated carbocycles. The Bertz CT molecular complexity index is 960. The smallest absolute Gasteiger partial charge is 0.278 e. The Morgan fingerprint density at radius 1 is 1.38 bits per heavy atom. The van der Waals surface area contributed by atoms with Crippen LogP contribution in [0.25, 0.3) is 5.69 Å². The monoisotopic (exact) mass is 375 g/mol. The Kier molecular flexibility index (Phi) is 5.13. The summed E-state index contributed by atoms with van der Waals surface area (Å²) in [6.07, 6.45) is 1.57. The van der Waals surface area contributed by atoms with Gasteiger partial charge in [0.2, 0.25) is 5.88 Å². The summed E-state index contributed by atoms with van der Waals surface area (Å²) in [5.41, 5.74) is 1.53. The molecule has 7 nitrogen and oxygen atoms in total. The van der Waals surface area contributed by atoms with Gasteiger partial charge in [0, 0.05) is 6.20 Å². The van der Waals surface area contributed by atoms with Crippen molar-refractivity contribution in [3.63, 3.8) is 0 Å². The first kappa shape index (κ1) is 17.8. The Labute approximate surface area is 153 Å². The Morgan fingerprint density at radius 2 is 2.19 bits per heavy atom. The van der Waals surface area contributed by atoms with Crippen LogP contribution in [-0.2, 0) is 0 Å². The molecule has 2 aromatic heterocycles. The van der Waals surface area contributed by atoms with Crippen molar-refractivity contribution in [2.45, 2.75) is 13.8 Å². The minimum atomic E-state index is -0.536. The van der Waals surface area contributed by atoms with Crippen molar-refractivity contribution >= 4 is 23.2 Å². The summed E-state index contributed by atoms with van der Waals surface area (Å²) in [6, 6.07) is 7.49. The maximum Gasteiger partial charge on any atom is 0.278 e. The first-order valence-electron chi connectivity index (χ1n) is 7.78. The third kappa shape index (κ3) is 3.50. The van der Waals surface area contributed by atoms with E-state index in [0.717, 1.165) is 0 Å². The lowest BCUT2D eigenvalue weighted by Crippen LogP contribution is -2.15. The van der Waals surface area contributed by atoms with Gasteiger partial charge in [0.05, 0.1) is 23.0 Å². The summed E-state index contributed by atoms with van der Waals surface area (Å²) in [7, 11) is 0. The van der Waals surface area contributed by atoms with E-state index in [1.807, 2.05) is 6.92 Å². The van der Waals surface area contributed by atoms with Gasteiger partial charge in [-0.25, -0.2) is 14.1 Å². The third-order valence-electron chi connectivity index (χ3n) is 3.56. The Hall–Kier alpha value is -3.00. The van der Waals surface area contributed by atoms with Crippen molar-refractivity contribution in [2.75, 3.05) is 11.9 Å². The number of hydrogen-bond acceptors (Lipinski definition) is 5. The normalized spacial score (nSPS) is 10.6. The van der Waals surface area contributed by atoms with E-state index in [1.54, 1.807) is 25.3 Å². The number of benzene rings is 1. The molecule has 26 heavy (non-hydrogen) atoms. The molecule has 3 rings (SSSR count). The number of amides is 1. The van der Waals surface area contributed by atoms with Crippen molar-refractivity contribution in [1.29, 1.82) is 0 Å². The highest BCUT2D eigenvalue weighted by Crippen LogP contribution is 2.23. The molecule has 3 aromatic rings. The number of ether oxygens (including phenoxy) is 1. The quantitative estimate of drug-likeness (QED) is 0.739. The molecule has 0 spiro atoms. The van der Waals surface area contributed by atoms with E-state index >= 15 is 0 Å². The zero-order valence-electron chi connectivity index (χ0n) is 14.0. The molecule has 0 aliphatic carbocycles. The van der Waals surface area contributed by atoms with Crippen molar-refractivity contribution < 1.29 is 13.9 Å². The van der Waals surface area contributed by atoms with Gasteiger partial charge in [0.25, 0.3) is 5.91 Å². The number of nitrogens with zero attached hydrogens (tertiary/aromatic N) is 4. The molecule has 0 atom stereocenters. The van der Waals surface area contributed by atoms with Crippen molar-refractivity contribution in [3.05, 3.63) is 58.8 Å². The van der Waals surface area contributed by atoms with Crippen LogP contribution in [0, 0.1) is 12.7 Å². The second kappa shape index (κ2) is 7.49. The van der Waals surface area contributed by atoms with E-state index in [9.17, 15) is 9.18 Å². The van der Waals surface area contributed by atoms with Gasteiger partial charge in [0.15, 0.2) is 5.69 Å². The molecule has 134 valence electrons. The summed E-state index contributed by atoms with van der Waals surface area (Å²) in [5.74, 6) is -0.680. The van der Waals surface area contributed by atoms with E-state index in [2.05, 4.69) is 20.6 Å². The average molecular weight is 376 g/mol. The Balaban J connectivity index is 1.88. The van der Waals surface area contributed by atoms with Crippen molar-refractivity contribution in [1.82, 2.24) is 20.0 Å². The third-order valence-corrected chi connectivity index (χ3v) is 3.85. The van der Waals surface area contributed by atoms with Gasteiger partial charge in [-0.1, -0.05) is 16.8 Å². The molecule has 1 aromatic carbocycles. The van der Waals surface area contributed by atoms with E-state index < -0.39 is 11.7 Å².